The van der Waals surface area contributed by atoms with E-state index in [1.807, 2.05) is 61.5 Å². The van der Waals surface area contributed by atoms with E-state index in [4.69, 9.17) is 0 Å². The Labute approximate surface area is 157 Å². The minimum Gasteiger partial charge on any atom is -0.298 e. The Balaban J connectivity index is 2.46. The molecule has 1 aromatic heterocycles. The van der Waals surface area contributed by atoms with E-state index in [-0.39, 0.29) is 5.78 Å². The van der Waals surface area contributed by atoms with Crippen LogP contribution in [0.15, 0.2) is 71.3 Å². The number of ketones is 1. The second-order valence-corrected chi connectivity index (χ2v) is 7.23. The number of carbonyl (C=O) groups is 1. The fourth-order valence-corrected chi connectivity index (χ4v) is 3.97. The first-order chi connectivity index (χ1) is 12.0. The Hall–Kier alpha value is -2.26. The highest BCUT2D eigenvalue weighted by Crippen LogP contribution is 2.42. The van der Waals surface area contributed by atoms with Crippen LogP contribution in [0.2, 0.25) is 0 Å². The van der Waals surface area contributed by atoms with Gasteiger partial charge in [0.05, 0.1) is 0 Å². The predicted molar refractivity (Wildman–Crippen MR) is 105 cm³/mol. The highest BCUT2D eigenvalue weighted by Gasteiger charge is 2.42. The lowest BCUT2D eigenvalue weighted by Gasteiger charge is -2.35. The third-order valence-electron chi connectivity index (χ3n) is 4.66. The monoisotopic (exact) mass is 393 g/mol. The molecule has 3 heteroatoms. The SMILES string of the molecule is CC(=O)C(c1cccc(Br)c1)(c1ccnc(C)c1)c1ccccc1C. The molecule has 0 amide bonds. The number of halogens is 1. The number of aryl methyl sites for hydroxylation is 2. The van der Waals surface area contributed by atoms with Gasteiger partial charge in [-0.05, 0) is 67.3 Å². The van der Waals surface area contributed by atoms with Crippen LogP contribution in [0.5, 0.6) is 0 Å². The van der Waals surface area contributed by atoms with E-state index in [0.29, 0.717) is 0 Å². The zero-order valence-corrected chi connectivity index (χ0v) is 16.2. The molecule has 0 saturated heterocycles. The van der Waals surface area contributed by atoms with Gasteiger partial charge >= 0.3 is 0 Å². The molecule has 0 aliphatic rings. The van der Waals surface area contributed by atoms with Crippen LogP contribution >= 0.6 is 15.9 Å². The number of benzene rings is 2. The molecule has 3 aromatic rings. The van der Waals surface area contributed by atoms with Crippen LogP contribution in [0.4, 0.5) is 0 Å². The average molecular weight is 394 g/mol. The highest BCUT2D eigenvalue weighted by atomic mass is 79.9. The molecule has 0 spiro atoms. The fourth-order valence-electron chi connectivity index (χ4n) is 3.57. The summed E-state index contributed by atoms with van der Waals surface area (Å²) in [6.07, 6.45) is 1.78. The number of nitrogens with zero attached hydrogens (tertiary/aromatic N) is 1. The molecule has 2 aromatic carbocycles. The molecule has 0 aliphatic heterocycles. The molecule has 126 valence electrons. The maximum Gasteiger partial charge on any atom is 0.149 e. The number of aromatic nitrogens is 1. The lowest BCUT2D eigenvalue weighted by molar-refractivity contribution is -0.119. The smallest absolute Gasteiger partial charge is 0.149 e. The van der Waals surface area contributed by atoms with E-state index in [1.165, 1.54) is 0 Å². The summed E-state index contributed by atoms with van der Waals surface area (Å²) in [5.41, 5.74) is 4.03. The van der Waals surface area contributed by atoms with Crippen molar-refractivity contribution in [3.63, 3.8) is 0 Å². The van der Waals surface area contributed by atoms with E-state index >= 15 is 0 Å². The molecule has 2 nitrogen and oxygen atoms in total. The fraction of sp³-hybridized carbons (Fsp3) is 0.182. The van der Waals surface area contributed by atoms with Gasteiger partial charge in [0.15, 0.2) is 0 Å². The van der Waals surface area contributed by atoms with Gasteiger partial charge < -0.3 is 0 Å². The maximum atomic E-state index is 13.2. The van der Waals surface area contributed by atoms with Gasteiger partial charge in [0.25, 0.3) is 0 Å². The molecule has 1 heterocycles. The summed E-state index contributed by atoms with van der Waals surface area (Å²) in [6.45, 7) is 5.68. The first-order valence-electron chi connectivity index (χ1n) is 8.22. The second kappa shape index (κ2) is 6.93. The lowest BCUT2D eigenvalue weighted by atomic mass is 9.66. The average Bonchev–Trinajstić information content (AvgIpc) is 2.57. The normalized spacial score (nSPS) is 13.3. The van der Waals surface area contributed by atoms with Crippen molar-refractivity contribution in [3.8, 4) is 0 Å². The van der Waals surface area contributed by atoms with Crippen LogP contribution in [-0.2, 0) is 10.2 Å². The van der Waals surface area contributed by atoms with E-state index in [1.54, 1.807) is 13.1 Å². The maximum absolute atomic E-state index is 13.2. The Morgan fingerprint density at radius 2 is 1.68 bits per heavy atom. The molecular formula is C22H20BrNO. The van der Waals surface area contributed by atoms with E-state index in [9.17, 15) is 4.79 Å². The van der Waals surface area contributed by atoms with Gasteiger partial charge in [-0.15, -0.1) is 0 Å². The van der Waals surface area contributed by atoms with Crippen molar-refractivity contribution in [2.45, 2.75) is 26.2 Å². The Morgan fingerprint density at radius 3 is 2.32 bits per heavy atom. The van der Waals surface area contributed by atoms with Crippen LogP contribution in [0.25, 0.3) is 0 Å². The molecule has 0 fully saturated rings. The van der Waals surface area contributed by atoms with Crippen LogP contribution in [-0.4, -0.2) is 10.8 Å². The Morgan fingerprint density at radius 1 is 0.960 bits per heavy atom. The molecule has 0 N–H and O–H groups in total. The number of carbonyl (C=O) groups excluding carboxylic acids is 1. The number of hydrogen-bond acceptors (Lipinski definition) is 2. The summed E-state index contributed by atoms with van der Waals surface area (Å²) in [5.74, 6) is 0.0884. The van der Waals surface area contributed by atoms with Crippen LogP contribution in [0.3, 0.4) is 0 Å². The van der Waals surface area contributed by atoms with Gasteiger partial charge in [-0.3, -0.25) is 9.78 Å². The zero-order valence-electron chi connectivity index (χ0n) is 14.6. The van der Waals surface area contributed by atoms with Crippen molar-refractivity contribution >= 4 is 21.7 Å². The van der Waals surface area contributed by atoms with Gasteiger partial charge in [0, 0.05) is 16.4 Å². The van der Waals surface area contributed by atoms with Crippen molar-refractivity contribution in [3.05, 3.63) is 99.3 Å². The first kappa shape index (κ1) is 17.6. The Bertz CT molecular complexity index is 887. The topological polar surface area (TPSA) is 30.0 Å². The summed E-state index contributed by atoms with van der Waals surface area (Å²) in [5, 5.41) is 0. The number of hydrogen-bond donors (Lipinski definition) is 0. The van der Waals surface area contributed by atoms with Crippen molar-refractivity contribution in [1.29, 1.82) is 0 Å². The van der Waals surface area contributed by atoms with Crippen LogP contribution in [0, 0.1) is 13.8 Å². The zero-order chi connectivity index (χ0) is 18.0. The van der Waals surface area contributed by atoms with Crippen molar-refractivity contribution < 1.29 is 4.79 Å². The van der Waals surface area contributed by atoms with Crippen molar-refractivity contribution in [2.75, 3.05) is 0 Å². The van der Waals surface area contributed by atoms with Crippen LogP contribution in [0.1, 0.15) is 34.9 Å². The number of rotatable bonds is 4. The quantitative estimate of drug-likeness (QED) is 0.594. The van der Waals surface area contributed by atoms with E-state index in [2.05, 4.69) is 33.9 Å². The largest absolute Gasteiger partial charge is 0.298 e. The summed E-state index contributed by atoms with van der Waals surface area (Å²) in [7, 11) is 0. The first-order valence-corrected chi connectivity index (χ1v) is 9.02. The summed E-state index contributed by atoms with van der Waals surface area (Å²) >= 11 is 3.56. The molecule has 0 aliphatic carbocycles. The summed E-state index contributed by atoms with van der Waals surface area (Å²) in [6, 6.07) is 20.1. The lowest BCUT2D eigenvalue weighted by Crippen LogP contribution is -2.37. The molecule has 3 rings (SSSR count). The molecule has 0 radical (unpaired) electrons. The third kappa shape index (κ3) is 3.05. The van der Waals surface area contributed by atoms with E-state index in [0.717, 1.165) is 32.4 Å². The molecule has 0 bridgehead atoms. The summed E-state index contributed by atoms with van der Waals surface area (Å²) in [4.78, 5) is 17.5. The molecule has 0 saturated carbocycles. The second-order valence-electron chi connectivity index (χ2n) is 6.32. The standard InChI is InChI=1S/C22H20BrNO/c1-15-7-4-5-10-21(15)22(17(3)25,18-8-6-9-20(23)14-18)19-11-12-24-16(2)13-19/h4-14H,1-3H3. The predicted octanol–water partition coefficient (Wildman–Crippen LogP) is 5.38. The number of Topliss-reactive ketones (excluding diaryl/α,β-unsaturated/α-hetero) is 1. The van der Waals surface area contributed by atoms with Crippen LogP contribution < -0.4 is 0 Å². The highest BCUT2D eigenvalue weighted by molar-refractivity contribution is 9.10. The Kier molecular flexibility index (Phi) is 4.87. The molecular weight excluding hydrogens is 374 g/mol. The summed E-state index contributed by atoms with van der Waals surface area (Å²) < 4.78 is 0.954. The van der Waals surface area contributed by atoms with Crippen molar-refractivity contribution in [1.82, 2.24) is 4.98 Å². The van der Waals surface area contributed by atoms with Gasteiger partial charge in [-0.2, -0.15) is 0 Å². The van der Waals surface area contributed by atoms with Gasteiger partial charge in [0.1, 0.15) is 11.2 Å². The third-order valence-corrected chi connectivity index (χ3v) is 5.16. The minimum atomic E-state index is -0.858. The van der Waals surface area contributed by atoms with Crippen molar-refractivity contribution in [2.24, 2.45) is 0 Å². The number of pyridine rings is 1. The van der Waals surface area contributed by atoms with Gasteiger partial charge in [0.2, 0.25) is 0 Å². The van der Waals surface area contributed by atoms with Gasteiger partial charge in [-0.25, -0.2) is 0 Å². The molecule has 25 heavy (non-hydrogen) atoms. The minimum absolute atomic E-state index is 0.0884. The van der Waals surface area contributed by atoms with Gasteiger partial charge in [-0.1, -0.05) is 52.3 Å². The molecule has 1 unspecified atom stereocenters. The molecule has 1 atom stereocenters. The van der Waals surface area contributed by atoms with E-state index < -0.39 is 5.41 Å².